The smallest absolute Gasteiger partial charge is 0.175 e. The molecular weight excluding hydrogens is 350 g/mol. The molecule has 1 aromatic carbocycles. The van der Waals surface area contributed by atoms with Gasteiger partial charge in [0.25, 0.3) is 0 Å². The number of ether oxygens (including phenoxy) is 2. The van der Waals surface area contributed by atoms with Gasteiger partial charge in [-0.1, -0.05) is 6.07 Å². The highest BCUT2D eigenvalue weighted by molar-refractivity contribution is 9.10. The number of nitrogens with one attached hydrogen (secondary N) is 1. The summed E-state index contributed by atoms with van der Waals surface area (Å²) in [5.41, 5.74) is 1.17. The van der Waals surface area contributed by atoms with E-state index in [2.05, 4.69) is 44.8 Å². The Bertz CT molecular complexity index is 558. The number of hydrogen-bond acceptors (Lipinski definition) is 4. The van der Waals surface area contributed by atoms with Crippen LogP contribution in [0, 0.1) is 0 Å². The van der Waals surface area contributed by atoms with E-state index in [0.29, 0.717) is 6.61 Å². The second-order valence-corrected chi connectivity index (χ2v) is 6.43. The normalized spacial score (nSPS) is 10.6. The molecule has 0 unspecified atom stereocenters. The van der Waals surface area contributed by atoms with Crippen LogP contribution in [0.2, 0.25) is 0 Å². The lowest BCUT2D eigenvalue weighted by molar-refractivity contribution is 0.308. The van der Waals surface area contributed by atoms with Gasteiger partial charge in [0.15, 0.2) is 11.5 Å². The van der Waals surface area contributed by atoms with Gasteiger partial charge in [0.05, 0.1) is 18.2 Å². The molecule has 0 saturated heterocycles. The van der Waals surface area contributed by atoms with Gasteiger partial charge in [0.1, 0.15) is 0 Å². The zero-order valence-corrected chi connectivity index (χ0v) is 14.7. The van der Waals surface area contributed by atoms with Gasteiger partial charge in [-0.2, -0.15) is 0 Å². The van der Waals surface area contributed by atoms with Crippen LogP contribution in [0.25, 0.3) is 0 Å². The van der Waals surface area contributed by atoms with Gasteiger partial charge >= 0.3 is 0 Å². The van der Waals surface area contributed by atoms with Gasteiger partial charge < -0.3 is 14.8 Å². The number of methoxy groups -OCH3 is 1. The van der Waals surface area contributed by atoms with Crippen molar-refractivity contribution in [3.63, 3.8) is 0 Å². The largest absolute Gasteiger partial charge is 0.493 e. The van der Waals surface area contributed by atoms with Gasteiger partial charge in [-0.3, -0.25) is 0 Å². The van der Waals surface area contributed by atoms with E-state index in [9.17, 15) is 0 Å². The number of rotatable bonds is 8. The highest BCUT2D eigenvalue weighted by atomic mass is 79.9. The van der Waals surface area contributed by atoms with Crippen molar-refractivity contribution in [2.24, 2.45) is 0 Å². The van der Waals surface area contributed by atoms with Crippen LogP contribution in [-0.2, 0) is 13.0 Å². The summed E-state index contributed by atoms with van der Waals surface area (Å²) in [7, 11) is 1.66. The van der Waals surface area contributed by atoms with Crippen molar-refractivity contribution in [3.05, 3.63) is 44.6 Å². The van der Waals surface area contributed by atoms with Crippen LogP contribution >= 0.6 is 27.3 Å². The minimum Gasteiger partial charge on any atom is -0.493 e. The Hall–Kier alpha value is -1.04. The van der Waals surface area contributed by atoms with Crippen molar-refractivity contribution in [2.45, 2.75) is 19.9 Å². The third-order valence-corrected chi connectivity index (χ3v) is 4.56. The molecule has 3 nitrogen and oxygen atoms in total. The molecule has 0 aliphatic heterocycles. The van der Waals surface area contributed by atoms with Crippen molar-refractivity contribution in [2.75, 3.05) is 20.3 Å². The Morgan fingerprint density at radius 3 is 2.86 bits per heavy atom. The summed E-state index contributed by atoms with van der Waals surface area (Å²) in [6.45, 7) is 4.36. The van der Waals surface area contributed by atoms with Gasteiger partial charge in [0.2, 0.25) is 0 Å². The predicted molar refractivity (Wildman–Crippen MR) is 91.6 cm³/mol. The molecule has 0 spiro atoms. The van der Waals surface area contributed by atoms with Crippen molar-refractivity contribution in [3.8, 4) is 11.5 Å². The quantitative estimate of drug-likeness (QED) is 0.705. The van der Waals surface area contributed by atoms with Gasteiger partial charge in [-0.05, 0) is 58.4 Å². The van der Waals surface area contributed by atoms with E-state index >= 15 is 0 Å². The average Bonchev–Trinajstić information content (AvgIpc) is 2.99. The van der Waals surface area contributed by atoms with Crippen LogP contribution in [0.3, 0.4) is 0 Å². The molecule has 2 rings (SSSR count). The van der Waals surface area contributed by atoms with Crippen molar-refractivity contribution >= 4 is 27.3 Å². The molecule has 0 amide bonds. The van der Waals surface area contributed by atoms with Crippen LogP contribution in [0.15, 0.2) is 34.1 Å². The fraction of sp³-hybridized carbons (Fsp3) is 0.375. The summed E-state index contributed by atoms with van der Waals surface area (Å²) in [4.78, 5) is 1.41. The van der Waals surface area contributed by atoms with Gasteiger partial charge in [-0.15, -0.1) is 11.3 Å². The fourth-order valence-electron chi connectivity index (χ4n) is 2.06. The number of hydrogen-bond donors (Lipinski definition) is 1. The van der Waals surface area contributed by atoms with E-state index in [-0.39, 0.29) is 0 Å². The SMILES string of the molecule is CCOc1c(Br)cc(CNCCc2cccs2)cc1OC. The first kappa shape index (κ1) is 16.3. The van der Waals surface area contributed by atoms with Crippen LogP contribution in [0.5, 0.6) is 11.5 Å². The summed E-state index contributed by atoms with van der Waals surface area (Å²) in [5.74, 6) is 1.53. The molecular formula is C16H20BrNO2S. The first-order valence-electron chi connectivity index (χ1n) is 6.97. The number of halogens is 1. The minimum absolute atomic E-state index is 0.618. The van der Waals surface area contributed by atoms with E-state index in [0.717, 1.165) is 35.5 Å². The molecule has 114 valence electrons. The Morgan fingerprint density at radius 1 is 1.33 bits per heavy atom. The second kappa shape index (κ2) is 8.41. The lowest BCUT2D eigenvalue weighted by Crippen LogP contribution is -2.16. The van der Waals surface area contributed by atoms with E-state index in [1.807, 2.05) is 13.0 Å². The third-order valence-electron chi connectivity index (χ3n) is 3.04. The standard InChI is InChI=1S/C16H20BrNO2S/c1-3-20-16-14(17)9-12(10-15(16)19-2)11-18-7-6-13-5-4-8-21-13/h4-5,8-10,18H,3,6-7,11H2,1-2H3. The number of thiophene rings is 1. The van der Waals surface area contributed by atoms with E-state index in [1.165, 1.54) is 10.4 Å². The predicted octanol–water partition coefficient (Wildman–Crippen LogP) is 4.25. The Kier molecular flexibility index (Phi) is 6.54. The highest BCUT2D eigenvalue weighted by Crippen LogP contribution is 2.36. The summed E-state index contributed by atoms with van der Waals surface area (Å²) in [6.07, 6.45) is 1.06. The molecule has 0 fully saturated rings. The number of benzene rings is 1. The molecule has 1 aromatic heterocycles. The molecule has 1 heterocycles. The molecule has 5 heteroatoms. The van der Waals surface area contributed by atoms with Crippen LogP contribution < -0.4 is 14.8 Å². The molecule has 21 heavy (non-hydrogen) atoms. The minimum atomic E-state index is 0.618. The topological polar surface area (TPSA) is 30.5 Å². The van der Waals surface area contributed by atoms with Crippen molar-refractivity contribution in [1.82, 2.24) is 5.32 Å². The van der Waals surface area contributed by atoms with Gasteiger partial charge in [0, 0.05) is 18.0 Å². The molecule has 0 saturated carbocycles. The maximum Gasteiger partial charge on any atom is 0.175 e. The molecule has 0 atom stereocenters. The average molecular weight is 370 g/mol. The second-order valence-electron chi connectivity index (χ2n) is 4.55. The highest BCUT2D eigenvalue weighted by Gasteiger charge is 2.11. The summed E-state index contributed by atoms with van der Waals surface area (Å²) >= 11 is 5.35. The molecule has 0 aliphatic carbocycles. The monoisotopic (exact) mass is 369 g/mol. The van der Waals surface area contributed by atoms with Crippen molar-refractivity contribution < 1.29 is 9.47 Å². The zero-order chi connectivity index (χ0) is 15.1. The van der Waals surface area contributed by atoms with Crippen LogP contribution in [0.1, 0.15) is 17.4 Å². The molecule has 1 N–H and O–H groups in total. The van der Waals surface area contributed by atoms with Crippen molar-refractivity contribution in [1.29, 1.82) is 0 Å². The molecule has 0 aliphatic rings. The zero-order valence-electron chi connectivity index (χ0n) is 12.3. The lowest BCUT2D eigenvalue weighted by atomic mass is 10.2. The first-order valence-corrected chi connectivity index (χ1v) is 8.64. The van der Waals surface area contributed by atoms with E-state index in [4.69, 9.17) is 9.47 Å². The maximum atomic E-state index is 5.60. The van der Waals surface area contributed by atoms with Gasteiger partial charge in [-0.25, -0.2) is 0 Å². The van der Waals surface area contributed by atoms with Crippen LogP contribution in [0.4, 0.5) is 0 Å². The van der Waals surface area contributed by atoms with Crippen LogP contribution in [-0.4, -0.2) is 20.3 Å². The Labute approximate surface area is 138 Å². The lowest BCUT2D eigenvalue weighted by Gasteiger charge is -2.13. The molecule has 0 radical (unpaired) electrons. The van der Waals surface area contributed by atoms with E-state index < -0.39 is 0 Å². The van der Waals surface area contributed by atoms with E-state index in [1.54, 1.807) is 18.4 Å². The molecule has 2 aromatic rings. The first-order chi connectivity index (χ1) is 10.2. The third kappa shape index (κ3) is 4.73. The summed E-state index contributed by atoms with van der Waals surface area (Å²) < 4.78 is 11.9. The summed E-state index contributed by atoms with van der Waals surface area (Å²) in [5, 5.41) is 5.57. The molecule has 0 bridgehead atoms. The fourth-order valence-corrected chi connectivity index (χ4v) is 3.37. The maximum absolute atomic E-state index is 5.60. The summed E-state index contributed by atoms with van der Waals surface area (Å²) in [6, 6.07) is 8.36. The Balaban J connectivity index is 1.92. The Morgan fingerprint density at radius 2 is 2.19 bits per heavy atom.